The number of carbonyl (C=O) groups excluding carboxylic acids is 1. The van der Waals surface area contributed by atoms with Crippen LogP contribution in [0.5, 0.6) is 0 Å². The monoisotopic (exact) mass is 292 g/mol. The molecule has 118 valence electrons. The maximum Gasteiger partial charge on any atom is 0.223 e. The predicted molar refractivity (Wildman–Crippen MR) is 83.8 cm³/mol. The smallest absolute Gasteiger partial charge is 0.223 e. The van der Waals surface area contributed by atoms with Crippen molar-refractivity contribution in [1.82, 2.24) is 9.80 Å². The summed E-state index contributed by atoms with van der Waals surface area (Å²) in [5.41, 5.74) is 0.0178. The van der Waals surface area contributed by atoms with Crippen LogP contribution in [0.15, 0.2) is 22.8 Å². The Hall–Kier alpha value is -1.29. The first-order valence-corrected chi connectivity index (χ1v) is 7.85. The molecule has 1 amide bonds. The van der Waals surface area contributed by atoms with Crippen LogP contribution in [-0.2, 0) is 11.3 Å². The van der Waals surface area contributed by atoms with Crippen LogP contribution in [0.3, 0.4) is 0 Å². The minimum atomic E-state index is 0.0178. The van der Waals surface area contributed by atoms with Gasteiger partial charge in [-0.1, -0.05) is 20.8 Å². The number of rotatable bonds is 4. The van der Waals surface area contributed by atoms with E-state index in [4.69, 9.17) is 4.42 Å². The zero-order valence-electron chi connectivity index (χ0n) is 13.8. The number of hydrogen-bond donors (Lipinski definition) is 0. The van der Waals surface area contributed by atoms with E-state index in [2.05, 4.69) is 32.7 Å². The van der Waals surface area contributed by atoms with Gasteiger partial charge in [0.25, 0.3) is 0 Å². The first-order valence-electron chi connectivity index (χ1n) is 7.85. The Morgan fingerprint density at radius 1 is 1.38 bits per heavy atom. The molecule has 1 aromatic heterocycles. The average Bonchev–Trinajstić information content (AvgIpc) is 2.88. The molecule has 4 heteroatoms. The molecule has 0 aliphatic carbocycles. The standard InChI is InChI=1S/C17H28N2O2/c1-17(2,3)12-16(20)19(13-15-6-5-11-21-15)14-7-9-18(4)10-8-14/h5-6,11,14H,7-10,12-13H2,1-4H3. The highest BCUT2D eigenvalue weighted by Crippen LogP contribution is 2.25. The first kappa shape index (κ1) is 16.1. The second-order valence-electron chi connectivity index (χ2n) is 7.37. The van der Waals surface area contributed by atoms with Crippen molar-refractivity contribution in [3.05, 3.63) is 24.2 Å². The number of carbonyl (C=O) groups is 1. The van der Waals surface area contributed by atoms with Gasteiger partial charge in [-0.2, -0.15) is 0 Å². The molecule has 1 fully saturated rings. The molecular weight excluding hydrogens is 264 g/mol. The van der Waals surface area contributed by atoms with E-state index in [0.29, 0.717) is 19.0 Å². The van der Waals surface area contributed by atoms with Gasteiger partial charge in [-0.3, -0.25) is 4.79 Å². The van der Waals surface area contributed by atoms with Crippen LogP contribution >= 0.6 is 0 Å². The quantitative estimate of drug-likeness (QED) is 0.855. The normalized spacial score (nSPS) is 17.9. The highest BCUT2D eigenvalue weighted by molar-refractivity contribution is 5.77. The molecule has 0 bridgehead atoms. The van der Waals surface area contributed by atoms with Gasteiger partial charge < -0.3 is 14.2 Å². The van der Waals surface area contributed by atoms with Crippen LogP contribution in [0.4, 0.5) is 0 Å². The number of likely N-dealkylation sites (tertiary alicyclic amines) is 1. The molecule has 0 aromatic carbocycles. The van der Waals surface area contributed by atoms with Crippen LogP contribution < -0.4 is 0 Å². The Morgan fingerprint density at radius 3 is 2.57 bits per heavy atom. The molecule has 4 nitrogen and oxygen atoms in total. The molecule has 0 saturated carbocycles. The fraction of sp³-hybridized carbons (Fsp3) is 0.706. The molecule has 2 heterocycles. The summed E-state index contributed by atoms with van der Waals surface area (Å²) in [4.78, 5) is 17.1. The number of furan rings is 1. The van der Waals surface area contributed by atoms with Gasteiger partial charge in [-0.25, -0.2) is 0 Å². The van der Waals surface area contributed by atoms with Gasteiger partial charge in [-0.05, 0) is 50.5 Å². The lowest BCUT2D eigenvalue weighted by molar-refractivity contribution is -0.137. The van der Waals surface area contributed by atoms with Crippen LogP contribution in [-0.4, -0.2) is 41.9 Å². The number of nitrogens with zero attached hydrogens (tertiary/aromatic N) is 2. The van der Waals surface area contributed by atoms with Crippen molar-refractivity contribution < 1.29 is 9.21 Å². The fourth-order valence-corrected chi connectivity index (χ4v) is 2.85. The Balaban J connectivity index is 2.08. The van der Waals surface area contributed by atoms with Gasteiger partial charge >= 0.3 is 0 Å². The fourth-order valence-electron chi connectivity index (χ4n) is 2.85. The first-order chi connectivity index (χ1) is 9.85. The lowest BCUT2D eigenvalue weighted by Crippen LogP contribution is -2.46. The van der Waals surface area contributed by atoms with Crippen LogP contribution in [0.2, 0.25) is 0 Å². The van der Waals surface area contributed by atoms with Crippen molar-refractivity contribution in [3.8, 4) is 0 Å². The van der Waals surface area contributed by atoms with E-state index in [0.717, 1.165) is 31.7 Å². The molecule has 1 aliphatic heterocycles. The minimum absolute atomic E-state index is 0.0178. The molecule has 0 radical (unpaired) electrons. The summed E-state index contributed by atoms with van der Waals surface area (Å²) < 4.78 is 5.45. The number of piperidine rings is 1. The summed E-state index contributed by atoms with van der Waals surface area (Å²) in [5.74, 6) is 1.12. The molecule has 2 rings (SSSR count). The van der Waals surface area contributed by atoms with E-state index in [1.165, 1.54) is 0 Å². The Bertz CT molecular complexity index is 440. The minimum Gasteiger partial charge on any atom is -0.467 e. The Morgan fingerprint density at radius 2 is 2.05 bits per heavy atom. The van der Waals surface area contributed by atoms with E-state index >= 15 is 0 Å². The zero-order valence-corrected chi connectivity index (χ0v) is 13.8. The average molecular weight is 292 g/mol. The predicted octanol–water partition coefficient (Wildman–Crippen LogP) is 3.14. The molecule has 0 N–H and O–H groups in total. The molecule has 0 unspecified atom stereocenters. The van der Waals surface area contributed by atoms with E-state index < -0.39 is 0 Å². The summed E-state index contributed by atoms with van der Waals surface area (Å²) in [6, 6.07) is 4.17. The van der Waals surface area contributed by atoms with E-state index in [9.17, 15) is 4.79 Å². The summed E-state index contributed by atoms with van der Waals surface area (Å²) in [5, 5.41) is 0. The van der Waals surface area contributed by atoms with Crippen molar-refractivity contribution >= 4 is 5.91 Å². The summed E-state index contributed by atoms with van der Waals surface area (Å²) in [6.45, 7) is 9.06. The van der Waals surface area contributed by atoms with E-state index in [1.807, 2.05) is 17.0 Å². The van der Waals surface area contributed by atoms with Crippen molar-refractivity contribution in [2.45, 2.75) is 52.6 Å². The van der Waals surface area contributed by atoms with Crippen molar-refractivity contribution in [2.24, 2.45) is 5.41 Å². The van der Waals surface area contributed by atoms with Crippen molar-refractivity contribution in [1.29, 1.82) is 0 Å². The Kier molecular flexibility index (Phi) is 5.09. The number of hydrogen-bond acceptors (Lipinski definition) is 3. The molecule has 0 spiro atoms. The zero-order chi connectivity index (χ0) is 15.5. The third kappa shape index (κ3) is 4.88. The van der Waals surface area contributed by atoms with E-state index in [-0.39, 0.29) is 11.3 Å². The van der Waals surface area contributed by atoms with Gasteiger partial charge in [0.1, 0.15) is 5.76 Å². The molecular formula is C17H28N2O2. The highest BCUT2D eigenvalue weighted by atomic mass is 16.3. The largest absolute Gasteiger partial charge is 0.467 e. The third-order valence-electron chi connectivity index (χ3n) is 4.04. The van der Waals surface area contributed by atoms with Crippen molar-refractivity contribution in [3.63, 3.8) is 0 Å². The highest BCUT2D eigenvalue weighted by Gasteiger charge is 2.29. The van der Waals surface area contributed by atoms with E-state index in [1.54, 1.807) is 6.26 Å². The van der Waals surface area contributed by atoms with Gasteiger partial charge in [0.2, 0.25) is 5.91 Å². The van der Waals surface area contributed by atoms with Gasteiger partial charge in [0, 0.05) is 12.5 Å². The summed E-state index contributed by atoms with van der Waals surface area (Å²) >= 11 is 0. The van der Waals surface area contributed by atoms with Crippen LogP contribution in [0, 0.1) is 5.41 Å². The summed E-state index contributed by atoms with van der Waals surface area (Å²) in [7, 11) is 2.14. The van der Waals surface area contributed by atoms with Crippen LogP contribution in [0.25, 0.3) is 0 Å². The molecule has 1 saturated heterocycles. The maximum atomic E-state index is 12.7. The SMILES string of the molecule is CN1CCC(N(Cc2ccco2)C(=O)CC(C)(C)C)CC1. The van der Waals surface area contributed by atoms with Gasteiger partial charge in [0.05, 0.1) is 12.8 Å². The molecule has 21 heavy (non-hydrogen) atoms. The number of amides is 1. The molecule has 0 atom stereocenters. The molecule has 1 aromatic rings. The second-order valence-corrected chi connectivity index (χ2v) is 7.37. The van der Waals surface area contributed by atoms with Gasteiger partial charge in [0.15, 0.2) is 0 Å². The molecule has 1 aliphatic rings. The van der Waals surface area contributed by atoms with Crippen molar-refractivity contribution in [2.75, 3.05) is 20.1 Å². The van der Waals surface area contributed by atoms with Gasteiger partial charge in [-0.15, -0.1) is 0 Å². The summed E-state index contributed by atoms with van der Waals surface area (Å²) in [6.07, 6.45) is 4.36. The lowest BCUT2D eigenvalue weighted by Gasteiger charge is -2.38. The van der Waals surface area contributed by atoms with Crippen LogP contribution in [0.1, 0.15) is 45.8 Å². The third-order valence-corrected chi connectivity index (χ3v) is 4.04. The topological polar surface area (TPSA) is 36.7 Å². The Labute approximate surface area is 128 Å². The lowest BCUT2D eigenvalue weighted by atomic mass is 9.90. The second kappa shape index (κ2) is 6.65. The maximum absolute atomic E-state index is 12.7.